The Morgan fingerprint density at radius 1 is 0.767 bits per heavy atom. The summed E-state index contributed by atoms with van der Waals surface area (Å²) in [5.74, 6) is 1.73. The van der Waals surface area contributed by atoms with E-state index in [0.717, 1.165) is 39.8 Å². The molecule has 4 aromatic rings. The van der Waals surface area contributed by atoms with Crippen LogP contribution in [0.25, 0.3) is 10.4 Å². The average molecular weight is 412 g/mol. The molecule has 3 aromatic carbocycles. The van der Waals surface area contributed by atoms with Crippen LogP contribution in [0, 0.1) is 0 Å². The lowest BCUT2D eigenvalue weighted by Crippen LogP contribution is -2.35. The zero-order chi connectivity index (χ0) is 20.3. The summed E-state index contributed by atoms with van der Waals surface area (Å²) in [6.45, 7) is 1.46. The summed E-state index contributed by atoms with van der Waals surface area (Å²) in [6.07, 6.45) is 0.920. The molecule has 2 heterocycles. The quantitative estimate of drug-likeness (QED) is 0.388. The largest absolute Gasteiger partial charge is 0.457 e. The van der Waals surface area contributed by atoms with E-state index in [1.54, 1.807) is 11.3 Å². The van der Waals surface area contributed by atoms with Gasteiger partial charge in [0.1, 0.15) is 11.5 Å². The Balaban J connectivity index is 1.29. The Labute approximate surface area is 180 Å². The van der Waals surface area contributed by atoms with Gasteiger partial charge in [0, 0.05) is 18.0 Å². The van der Waals surface area contributed by atoms with E-state index in [-0.39, 0.29) is 5.91 Å². The van der Waals surface area contributed by atoms with Crippen LogP contribution in [-0.2, 0) is 13.0 Å². The number of rotatable bonds is 4. The molecule has 148 valence electrons. The van der Waals surface area contributed by atoms with Gasteiger partial charge in [0.25, 0.3) is 5.91 Å². The van der Waals surface area contributed by atoms with Crippen molar-refractivity contribution in [3.63, 3.8) is 0 Å². The van der Waals surface area contributed by atoms with E-state index in [1.807, 2.05) is 77.7 Å². The first-order valence-electron chi connectivity index (χ1n) is 10.1. The van der Waals surface area contributed by atoms with Gasteiger partial charge in [-0.1, -0.05) is 42.5 Å². The molecule has 0 saturated carbocycles. The summed E-state index contributed by atoms with van der Waals surface area (Å²) < 4.78 is 5.86. The molecule has 5 rings (SSSR count). The molecule has 30 heavy (non-hydrogen) atoms. The van der Waals surface area contributed by atoms with Gasteiger partial charge in [-0.2, -0.15) is 0 Å². The van der Waals surface area contributed by atoms with Crippen LogP contribution in [0.2, 0.25) is 0 Å². The van der Waals surface area contributed by atoms with Gasteiger partial charge in [0.2, 0.25) is 0 Å². The molecule has 1 aliphatic heterocycles. The molecule has 0 aliphatic carbocycles. The smallest absolute Gasteiger partial charge is 0.264 e. The van der Waals surface area contributed by atoms with Gasteiger partial charge < -0.3 is 9.64 Å². The van der Waals surface area contributed by atoms with Crippen molar-refractivity contribution in [3.05, 3.63) is 107 Å². The van der Waals surface area contributed by atoms with Crippen LogP contribution in [0.4, 0.5) is 0 Å². The Morgan fingerprint density at radius 3 is 2.27 bits per heavy atom. The number of para-hydroxylation sites is 1. The molecule has 0 radical (unpaired) electrons. The molecule has 3 nitrogen and oxygen atoms in total. The summed E-state index contributed by atoms with van der Waals surface area (Å²) in [5.41, 5.74) is 3.69. The fourth-order valence-electron chi connectivity index (χ4n) is 3.74. The van der Waals surface area contributed by atoms with Crippen LogP contribution in [0.1, 0.15) is 20.8 Å². The van der Waals surface area contributed by atoms with Crippen LogP contribution in [0.3, 0.4) is 0 Å². The molecule has 0 saturated heterocycles. The van der Waals surface area contributed by atoms with Gasteiger partial charge in [-0.15, -0.1) is 11.3 Å². The topological polar surface area (TPSA) is 29.5 Å². The molecule has 1 aromatic heterocycles. The summed E-state index contributed by atoms with van der Waals surface area (Å²) in [5, 5.41) is 0. The van der Waals surface area contributed by atoms with Crippen molar-refractivity contribution < 1.29 is 9.53 Å². The van der Waals surface area contributed by atoms with Gasteiger partial charge in [-0.05, 0) is 71.6 Å². The maximum atomic E-state index is 13.0. The minimum Gasteiger partial charge on any atom is -0.457 e. The molecule has 0 unspecified atom stereocenters. The number of hydrogen-bond donors (Lipinski definition) is 0. The summed E-state index contributed by atoms with van der Waals surface area (Å²) in [4.78, 5) is 16.9. The van der Waals surface area contributed by atoms with Crippen LogP contribution in [0.15, 0.2) is 91.0 Å². The predicted octanol–water partition coefficient (Wildman–Crippen LogP) is 6.41. The molecule has 0 bridgehead atoms. The lowest BCUT2D eigenvalue weighted by Gasteiger charge is -2.28. The normalized spacial score (nSPS) is 13.0. The third-order valence-electron chi connectivity index (χ3n) is 5.35. The average Bonchev–Trinajstić information content (AvgIpc) is 3.30. The number of thiophene rings is 1. The number of benzene rings is 3. The maximum Gasteiger partial charge on any atom is 0.264 e. The minimum absolute atomic E-state index is 0.116. The number of hydrogen-bond acceptors (Lipinski definition) is 3. The fourth-order valence-corrected chi connectivity index (χ4v) is 4.72. The molecule has 1 amide bonds. The number of carbonyl (C=O) groups excluding carboxylic acids is 1. The van der Waals surface area contributed by atoms with Crippen molar-refractivity contribution >= 4 is 17.2 Å². The predicted molar refractivity (Wildman–Crippen MR) is 121 cm³/mol. The fraction of sp³-hybridized carbons (Fsp3) is 0.115. The SMILES string of the molecule is O=C(c1ccc(-c2ccc(Oc3ccccc3)cc2)s1)N1CCc2ccccc2C1. The number of ether oxygens (including phenoxy) is 1. The Hall–Kier alpha value is -3.37. The Bertz CT molecular complexity index is 1170. The molecule has 0 atom stereocenters. The monoisotopic (exact) mass is 411 g/mol. The van der Waals surface area contributed by atoms with Crippen molar-refractivity contribution in [3.8, 4) is 21.9 Å². The van der Waals surface area contributed by atoms with E-state index < -0.39 is 0 Å². The van der Waals surface area contributed by atoms with Gasteiger partial charge >= 0.3 is 0 Å². The molecule has 1 aliphatic rings. The van der Waals surface area contributed by atoms with Crippen molar-refractivity contribution in [1.82, 2.24) is 4.90 Å². The lowest BCUT2D eigenvalue weighted by molar-refractivity contribution is 0.0739. The highest BCUT2D eigenvalue weighted by atomic mass is 32.1. The first-order valence-corrected chi connectivity index (χ1v) is 10.9. The van der Waals surface area contributed by atoms with Gasteiger partial charge in [0.05, 0.1) is 4.88 Å². The van der Waals surface area contributed by atoms with Gasteiger partial charge in [-0.3, -0.25) is 4.79 Å². The zero-order valence-corrected chi connectivity index (χ0v) is 17.3. The van der Waals surface area contributed by atoms with E-state index in [9.17, 15) is 4.79 Å². The molecule has 0 N–H and O–H groups in total. The van der Waals surface area contributed by atoms with Crippen molar-refractivity contribution in [2.45, 2.75) is 13.0 Å². The van der Waals surface area contributed by atoms with Crippen molar-refractivity contribution in [2.75, 3.05) is 6.54 Å². The van der Waals surface area contributed by atoms with Crippen molar-refractivity contribution in [1.29, 1.82) is 0 Å². The number of amides is 1. The second kappa shape index (κ2) is 8.17. The highest BCUT2D eigenvalue weighted by Crippen LogP contribution is 2.32. The molecule has 4 heteroatoms. The second-order valence-corrected chi connectivity index (χ2v) is 8.43. The van der Waals surface area contributed by atoms with Crippen LogP contribution < -0.4 is 4.74 Å². The van der Waals surface area contributed by atoms with E-state index in [1.165, 1.54) is 11.1 Å². The highest BCUT2D eigenvalue weighted by molar-refractivity contribution is 7.17. The first kappa shape index (κ1) is 18.6. The molecule has 0 spiro atoms. The highest BCUT2D eigenvalue weighted by Gasteiger charge is 2.22. The number of carbonyl (C=O) groups is 1. The standard InChI is InChI=1S/C26H21NO2S/c28-26(27-17-16-19-6-4-5-7-21(19)18-27)25-15-14-24(30-25)20-10-12-23(13-11-20)29-22-8-2-1-3-9-22/h1-15H,16-18H2. The minimum atomic E-state index is 0.116. The van der Waals surface area contributed by atoms with E-state index >= 15 is 0 Å². The molecular weight excluding hydrogens is 390 g/mol. The molecule has 0 fully saturated rings. The third kappa shape index (κ3) is 3.87. The summed E-state index contributed by atoms with van der Waals surface area (Å²) >= 11 is 1.55. The van der Waals surface area contributed by atoms with E-state index in [4.69, 9.17) is 4.74 Å². The van der Waals surface area contributed by atoms with Gasteiger partial charge in [0.15, 0.2) is 0 Å². The Kier molecular flexibility index (Phi) is 5.08. The zero-order valence-electron chi connectivity index (χ0n) is 16.5. The maximum absolute atomic E-state index is 13.0. The van der Waals surface area contributed by atoms with Crippen molar-refractivity contribution in [2.24, 2.45) is 0 Å². The second-order valence-electron chi connectivity index (χ2n) is 7.35. The first-order chi connectivity index (χ1) is 14.8. The van der Waals surface area contributed by atoms with Crippen LogP contribution in [-0.4, -0.2) is 17.4 Å². The van der Waals surface area contributed by atoms with Crippen LogP contribution in [0.5, 0.6) is 11.5 Å². The summed E-state index contributed by atoms with van der Waals surface area (Å²) in [7, 11) is 0. The molecular formula is C26H21NO2S. The third-order valence-corrected chi connectivity index (χ3v) is 6.47. The van der Waals surface area contributed by atoms with E-state index in [2.05, 4.69) is 18.2 Å². The van der Waals surface area contributed by atoms with Gasteiger partial charge in [-0.25, -0.2) is 0 Å². The number of nitrogens with zero attached hydrogens (tertiary/aromatic N) is 1. The Morgan fingerprint density at radius 2 is 1.47 bits per heavy atom. The van der Waals surface area contributed by atoms with Crippen LogP contribution >= 0.6 is 11.3 Å². The lowest BCUT2D eigenvalue weighted by atomic mass is 10.00. The number of fused-ring (bicyclic) bond motifs is 1. The summed E-state index contributed by atoms with van der Waals surface area (Å²) in [6, 6.07) is 30.1. The van der Waals surface area contributed by atoms with E-state index in [0.29, 0.717) is 6.54 Å².